The lowest BCUT2D eigenvalue weighted by molar-refractivity contribution is 0.112. The fourth-order valence-corrected chi connectivity index (χ4v) is 2.04. The van der Waals surface area contributed by atoms with Crippen LogP contribution in [0.3, 0.4) is 0 Å². The Morgan fingerprint density at radius 1 is 1.25 bits per heavy atom. The van der Waals surface area contributed by atoms with Crippen LogP contribution in [0.25, 0.3) is 17.2 Å². The predicted octanol–water partition coefficient (Wildman–Crippen LogP) is 1.79. The molecule has 0 saturated carbocycles. The highest BCUT2D eigenvalue weighted by atomic mass is 16.1. The van der Waals surface area contributed by atoms with Gasteiger partial charge in [-0.25, -0.2) is 9.67 Å². The molecule has 6 nitrogen and oxygen atoms in total. The van der Waals surface area contributed by atoms with Crippen molar-refractivity contribution in [2.75, 3.05) is 0 Å². The van der Waals surface area contributed by atoms with Crippen molar-refractivity contribution in [1.82, 2.24) is 24.5 Å². The van der Waals surface area contributed by atoms with Crippen molar-refractivity contribution < 1.29 is 4.79 Å². The van der Waals surface area contributed by atoms with Gasteiger partial charge in [-0.1, -0.05) is 0 Å². The van der Waals surface area contributed by atoms with Crippen LogP contribution in [0.15, 0.2) is 36.8 Å². The maximum absolute atomic E-state index is 11.2. The summed E-state index contributed by atoms with van der Waals surface area (Å²) in [7, 11) is 1.81. The number of aromatic nitrogens is 5. The molecule has 0 N–H and O–H groups in total. The van der Waals surface area contributed by atoms with E-state index in [1.165, 1.54) is 0 Å². The summed E-state index contributed by atoms with van der Waals surface area (Å²) in [5.74, 6) is 0.682. The number of carbonyl (C=O) groups excluding carboxylic acids is 1. The van der Waals surface area contributed by atoms with Crippen molar-refractivity contribution in [2.45, 2.75) is 6.92 Å². The molecule has 20 heavy (non-hydrogen) atoms. The Labute approximate surface area is 115 Å². The Morgan fingerprint density at radius 3 is 2.75 bits per heavy atom. The maximum atomic E-state index is 11.2. The van der Waals surface area contributed by atoms with Crippen LogP contribution in [0, 0.1) is 6.92 Å². The average Bonchev–Trinajstić information content (AvgIpc) is 3.04. The van der Waals surface area contributed by atoms with Gasteiger partial charge in [0.25, 0.3) is 0 Å². The lowest BCUT2D eigenvalue weighted by atomic mass is 10.2. The summed E-state index contributed by atoms with van der Waals surface area (Å²) in [5.41, 5.74) is 2.99. The van der Waals surface area contributed by atoms with Crippen LogP contribution in [-0.2, 0) is 7.05 Å². The third kappa shape index (κ3) is 2.01. The molecule has 3 rings (SSSR count). The van der Waals surface area contributed by atoms with Crippen molar-refractivity contribution in [3.05, 3.63) is 47.9 Å². The van der Waals surface area contributed by atoms with Crippen molar-refractivity contribution in [1.29, 1.82) is 0 Å². The van der Waals surface area contributed by atoms with E-state index in [2.05, 4.69) is 15.2 Å². The van der Waals surface area contributed by atoms with E-state index in [-0.39, 0.29) is 0 Å². The minimum absolute atomic E-state index is 0.511. The zero-order valence-electron chi connectivity index (χ0n) is 11.2. The molecule has 0 saturated heterocycles. The second-order valence-corrected chi connectivity index (χ2v) is 4.53. The average molecular weight is 267 g/mol. The first-order valence-corrected chi connectivity index (χ1v) is 6.15. The predicted molar refractivity (Wildman–Crippen MR) is 73.7 cm³/mol. The molecule has 0 aromatic carbocycles. The van der Waals surface area contributed by atoms with Gasteiger partial charge in [0.15, 0.2) is 12.1 Å². The van der Waals surface area contributed by atoms with Gasteiger partial charge in [-0.2, -0.15) is 10.2 Å². The Balaban J connectivity index is 2.14. The number of hydrogen-bond acceptors (Lipinski definition) is 4. The molecule has 0 fully saturated rings. The molecule has 100 valence electrons. The van der Waals surface area contributed by atoms with Crippen LogP contribution < -0.4 is 0 Å². The van der Waals surface area contributed by atoms with Gasteiger partial charge in [0, 0.05) is 25.6 Å². The standard InChI is InChI=1S/C14H13N5O/c1-10-3-5-15-13(7-10)19-8-11(9-20)14(17-19)12-4-6-16-18(12)2/h3-9H,1-2H3. The molecule has 3 heterocycles. The van der Waals surface area contributed by atoms with Crippen LogP contribution in [0.5, 0.6) is 0 Å². The van der Waals surface area contributed by atoms with E-state index in [1.807, 2.05) is 32.2 Å². The van der Waals surface area contributed by atoms with Crippen molar-refractivity contribution >= 4 is 6.29 Å². The van der Waals surface area contributed by atoms with E-state index in [0.29, 0.717) is 17.1 Å². The smallest absolute Gasteiger partial charge is 0.153 e. The van der Waals surface area contributed by atoms with E-state index >= 15 is 0 Å². The number of aryl methyl sites for hydroxylation is 2. The van der Waals surface area contributed by atoms with Crippen LogP contribution in [0.4, 0.5) is 0 Å². The van der Waals surface area contributed by atoms with Gasteiger partial charge < -0.3 is 0 Å². The molecular formula is C14H13N5O. The summed E-state index contributed by atoms with van der Waals surface area (Å²) in [4.78, 5) is 15.5. The zero-order chi connectivity index (χ0) is 14.1. The van der Waals surface area contributed by atoms with Crippen LogP contribution in [0.1, 0.15) is 15.9 Å². The molecule has 0 bridgehead atoms. The van der Waals surface area contributed by atoms with Gasteiger partial charge in [0.1, 0.15) is 5.69 Å². The topological polar surface area (TPSA) is 65.6 Å². The van der Waals surface area contributed by atoms with E-state index in [9.17, 15) is 4.79 Å². The maximum Gasteiger partial charge on any atom is 0.153 e. The number of hydrogen-bond donors (Lipinski definition) is 0. The molecule has 6 heteroatoms. The van der Waals surface area contributed by atoms with Crippen molar-refractivity contribution in [2.24, 2.45) is 7.05 Å². The summed E-state index contributed by atoms with van der Waals surface area (Å²) in [6, 6.07) is 5.65. The first-order valence-electron chi connectivity index (χ1n) is 6.15. The molecule has 0 atom stereocenters. The molecule has 3 aromatic heterocycles. The normalized spacial score (nSPS) is 10.7. The SMILES string of the molecule is Cc1ccnc(-n2cc(C=O)c(-c3ccnn3C)n2)c1. The van der Waals surface area contributed by atoms with Crippen LogP contribution in [-0.4, -0.2) is 30.8 Å². The monoisotopic (exact) mass is 267 g/mol. The first-order chi connectivity index (χ1) is 9.69. The Hall–Kier alpha value is -2.76. The molecule has 0 aliphatic heterocycles. The van der Waals surface area contributed by atoms with E-state index in [4.69, 9.17) is 0 Å². The molecule has 0 aliphatic rings. The molecule has 3 aromatic rings. The van der Waals surface area contributed by atoms with E-state index < -0.39 is 0 Å². The molecule has 0 spiro atoms. The van der Waals surface area contributed by atoms with Crippen LogP contribution in [0.2, 0.25) is 0 Å². The lowest BCUT2D eigenvalue weighted by Gasteiger charge is -2.01. The van der Waals surface area contributed by atoms with Gasteiger partial charge in [0.05, 0.1) is 11.3 Å². The number of carbonyl (C=O) groups is 1. The Kier molecular flexibility index (Phi) is 2.90. The third-order valence-electron chi connectivity index (χ3n) is 3.07. The minimum atomic E-state index is 0.511. The highest BCUT2D eigenvalue weighted by Crippen LogP contribution is 2.21. The molecule has 0 aliphatic carbocycles. The Morgan fingerprint density at radius 2 is 2.10 bits per heavy atom. The fraction of sp³-hybridized carbons (Fsp3) is 0.143. The van der Waals surface area contributed by atoms with Gasteiger partial charge in [-0.15, -0.1) is 0 Å². The summed E-state index contributed by atoms with van der Waals surface area (Å²) < 4.78 is 3.29. The quantitative estimate of drug-likeness (QED) is 0.678. The third-order valence-corrected chi connectivity index (χ3v) is 3.07. The molecule has 0 radical (unpaired) electrons. The van der Waals surface area contributed by atoms with Crippen molar-refractivity contribution in [3.8, 4) is 17.2 Å². The molecule has 0 amide bonds. The largest absolute Gasteiger partial charge is 0.298 e. The highest BCUT2D eigenvalue weighted by molar-refractivity contribution is 5.84. The summed E-state index contributed by atoms with van der Waals surface area (Å²) >= 11 is 0. The minimum Gasteiger partial charge on any atom is -0.298 e. The summed E-state index contributed by atoms with van der Waals surface area (Å²) in [6.45, 7) is 1.98. The van der Waals surface area contributed by atoms with Gasteiger partial charge in [0.2, 0.25) is 0 Å². The van der Waals surface area contributed by atoms with Gasteiger partial charge >= 0.3 is 0 Å². The number of rotatable bonds is 3. The second kappa shape index (κ2) is 4.73. The zero-order valence-corrected chi connectivity index (χ0v) is 11.2. The van der Waals surface area contributed by atoms with Gasteiger partial charge in [-0.05, 0) is 30.7 Å². The highest BCUT2D eigenvalue weighted by Gasteiger charge is 2.14. The summed E-state index contributed by atoms with van der Waals surface area (Å²) in [6.07, 6.45) is 5.86. The second-order valence-electron chi connectivity index (χ2n) is 4.53. The number of pyridine rings is 1. The molecule has 0 unspecified atom stereocenters. The van der Waals surface area contributed by atoms with Crippen molar-refractivity contribution in [3.63, 3.8) is 0 Å². The van der Waals surface area contributed by atoms with E-state index in [1.54, 1.807) is 28.0 Å². The van der Waals surface area contributed by atoms with E-state index in [0.717, 1.165) is 17.5 Å². The summed E-state index contributed by atoms with van der Waals surface area (Å²) in [5, 5.41) is 8.56. The van der Waals surface area contributed by atoms with Gasteiger partial charge in [-0.3, -0.25) is 9.48 Å². The fourth-order valence-electron chi connectivity index (χ4n) is 2.04. The lowest BCUT2D eigenvalue weighted by Crippen LogP contribution is -1.99. The van der Waals surface area contributed by atoms with Crippen LogP contribution >= 0.6 is 0 Å². The Bertz CT molecular complexity index is 771. The number of aldehydes is 1. The first kappa shape index (κ1) is 12.3. The molecular weight excluding hydrogens is 254 g/mol. The number of nitrogens with zero attached hydrogens (tertiary/aromatic N) is 5.